The van der Waals surface area contributed by atoms with Crippen molar-refractivity contribution in [3.8, 4) is 0 Å². The highest BCUT2D eigenvalue weighted by Crippen LogP contribution is 2.17. The standard InChI is InChI=1S/C40H76N/c1-4-7-10-13-16-19-21-24-27-30-34-39-35-33-38-41(37-32-29-26-23-18-15-12-9-6-3)40(39)36-31-28-25-22-20-17-14-11-8-5-2/h33,35,38H,4-32,34,36-37H2,1-3H3/q+1. The van der Waals surface area contributed by atoms with Gasteiger partial charge in [0, 0.05) is 24.5 Å². The van der Waals surface area contributed by atoms with Gasteiger partial charge in [0.2, 0.25) is 0 Å². The zero-order valence-corrected chi connectivity index (χ0v) is 28.8. The van der Waals surface area contributed by atoms with Gasteiger partial charge in [-0.25, -0.2) is 4.57 Å². The van der Waals surface area contributed by atoms with Gasteiger partial charge >= 0.3 is 0 Å². The maximum Gasteiger partial charge on any atom is 0.184 e. The molecule has 0 bridgehead atoms. The zero-order valence-electron chi connectivity index (χ0n) is 28.8. The van der Waals surface area contributed by atoms with Gasteiger partial charge in [-0.15, -0.1) is 0 Å². The zero-order chi connectivity index (χ0) is 29.5. The first-order chi connectivity index (χ1) is 20.3. The van der Waals surface area contributed by atoms with Gasteiger partial charge in [-0.3, -0.25) is 0 Å². The molecule has 0 aliphatic heterocycles. The fourth-order valence-electron chi connectivity index (χ4n) is 6.55. The Labute approximate surface area is 260 Å². The normalized spacial score (nSPS) is 11.5. The van der Waals surface area contributed by atoms with E-state index in [1.165, 1.54) is 206 Å². The van der Waals surface area contributed by atoms with Crippen LogP contribution in [0.3, 0.4) is 0 Å². The summed E-state index contributed by atoms with van der Waals surface area (Å²) in [4.78, 5) is 0. The van der Waals surface area contributed by atoms with Crippen molar-refractivity contribution in [1.29, 1.82) is 0 Å². The van der Waals surface area contributed by atoms with Crippen molar-refractivity contribution in [1.82, 2.24) is 0 Å². The van der Waals surface area contributed by atoms with Crippen LogP contribution in [0.2, 0.25) is 0 Å². The van der Waals surface area contributed by atoms with E-state index in [2.05, 4.69) is 43.7 Å². The third kappa shape index (κ3) is 23.3. The van der Waals surface area contributed by atoms with E-state index in [1.807, 2.05) is 0 Å². The topological polar surface area (TPSA) is 3.88 Å². The van der Waals surface area contributed by atoms with Crippen LogP contribution in [0.1, 0.15) is 218 Å². The predicted molar refractivity (Wildman–Crippen MR) is 185 cm³/mol. The molecule has 0 spiro atoms. The summed E-state index contributed by atoms with van der Waals surface area (Å²) in [5.74, 6) is 0. The summed E-state index contributed by atoms with van der Waals surface area (Å²) in [6, 6.07) is 4.81. The largest absolute Gasteiger partial charge is 0.202 e. The Morgan fingerprint density at radius 3 is 1.15 bits per heavy atom. The molecule has 0 atom stereocenters. The molecule has 0 aliphatic rings. The lowest BCUT2D eigenvalue weighted by molar-refractivity contribution is -0.705. The van der Waals surface area contributed by atoms with E-state index in [-0.39, 0.29) is 0 Å². The molecule has 0 aliphatic carbocycles. The number of hydrogen-bond donors (Lipinski definition) is 0. The smallest absolute Gasteiger partial charge is 0.184 e. The van der Waals surface area contributed by atoms with E-state index in [1.54, 1.807) is 11.3 Å². The van der Waals surface area contributed by atoms with Crippen LogP contribution >= 0.6 is 0 Å². The van der Waals surface area contributed by atoms with Crippen LogP contribution in [0.5, 0.6) is 0 Å². The molecule has 0 unspecified atom stereocenters. The molecule has 1 heterocycles. The molecule has 1 rings (SSSR count). The Morgan fingerprint density at radius 2 is 0.732 bits per heavy atom. The van der Waals surface area contributed by atoms with Crippen LogP contribution in [0.4, 0.5) is 0 Å². The van der Waals surface area contributed by atoms with Crippen LogP contribution in [0.25, 0.3) is 0 Å². The van der Waals surface area contributed by atoms with Gasteiger partial charge in [0.25, 0.3) is 0 Å². The van der Waals surface area contributed by atoms with Gasteiger partial charge in [0.15, 0.2) is 11.9 Å². The molecule has 0 saturated heterocycles. The Morgan fingerprint density at radius 1 is 0.390 bits per heavy atom. The minimum atomic E-state index is 1.23. The summed E-state index contributed by atoms with van der Waals surface area (Å²) in [5, 5.41) is 0. The fraction of sp³-hybridized carbons (Fsp3) is 0.875. The Kier molecular flexibility index (Phi) is 28.5. The molecule has 0 radical (unpaired) electrons. The molecular weight excluding hydrogens is 494 g/mol. The molecule has 0 fully saturated rings. The summed E-state index contributed by atoms with van der Waals surface area (Å²) >= 11 is 0. The van der Waals surface area contributed by atoms with Gasteiger partial charge in [-0.1, -0.05) is 181 Å². The molecule has 240 valence electrons. The Balaban J connectivity index is 2.42. The van der Waals surface area contributed by atoms with Crippen LogP contribution in [-0.4, -0.2) is 0 Å². The van der Waals surface area contributed by atoms with E-state index in [4.69, 9.17) is 0 Å². The van der Waals surface area contributed by atoms with E-state index >= 15 is 0 Å². The average Bonchev–Trinajstić information content (AvgIpc) is 2.99. The highest BCUT2D eigenvalue weighted by atomic mass is 15.0. The monoisotopic (exact) mass is 571 g/mol. The number of pyridine rings is 1. The quantitative estimate of drug-likeness (QED) is 0.0599. The maximum absolute atomic E-state index is 2.67. The van der Waals surface area contributed by atoms with Crippen LogP contribution in [0.15, 0.2) is 18.3 Å². The van der Waals surface area contributed by atoms with Gasteiger partial charge in [-0.2, -0.15) is 0 Å². The van der Waals surface area contributed by atoms with Crippen molar-refractivity contribution in [2.45, 2.75) is 226 Å². The van der Waals surface area contributed by atoms with E-state index in [0.29, 0.717) is 0 Å². The number of aryl methyl sites for hydroxylation is 2. The van der Waals surface area contributed by atoms with Crippen molar-refractivity contribution in [2.24, 2.45) is 0 Å². The van der Waals surface area contributed by atoms with E-state index < -0.39 is 0 Å². The van der Waals surface area contributed by atoms with Crippen molar-refractivity contribution >= 4 is 0 Å². The maximum atomic E-state index is 2.67. The second-order valence-electron chi connectivity index (χ2n) is 13.4. The molecule has 0 amide bonds. The van der Waals surface area contributed by atoms with Crippen LogP contribution < -0.4 is 4.57 Å². The molecule has 1 nitrogen and oxygen atoms in total. The van der Waals surface area contributed by atoms with E-state index in [9.17, 15) is 0 Å². The average molecular weight is 571 g/mol. The molecule has 0 saturated carbocycles. The van der Waals surface area contributed by atoms with Gasteiger partial charge in [-0.05, 0) is 31.7 Å². The third-order valence-electron chi connectivity index (χ3n) is 9.35. The summed E-state index contributed by atoms with van der Waals surface area (Å²) in [5.41, 5.74) is 3.35. The van der Waals surface area contributed by atoms with Crippen LogP contribution in [0, 0.1) is 0 Å². The lowest BCUT2D eigenvalue weighted by Gasteiger charge is -2.11. The lowest BCUT2D eigenvalue weighted by Crippen LogP contribution is -2.39. The molecular formula is C40H76N+. The fourth-order valence-corrected chi connectivity index (χ4v) is 6.55. The highest BCUT2D eigenvalue weighted by molar-refractivity contribution is 5.16. The van der Waals surface area contributed by atoms with Gasteiger partial charge < -0.3 is 0 Å². The van der Waals surface area contributed by atoms with Crippen molar-refractivity contribution in [2.75, 3.05) is 0 Å². The number of nitrogens with zero attached hydrogens (tertiary/aromatic N) is 1. The SMILES string of the molecule is CCCCCCCCCCCCc1ccc[n+](CCCCCCCCCCC)c1CCCCCCCCCCCC. The predicted octanol–water partition coefficient (Wildman–Crippen LogP) is 13.4. The minimum Gasteiger partial charge on any atom is -0.202 e. The second kappa shape index (κ2) is 30.6. The number of aromatic nitrogens is 1. The summed E-state index contributed by atoms with van der Waals surface area (Å²) < 4.78 is 2.67. The molecule has 0 N–H and O–H groups in total. The lowest BCUT2D eigenvalue weighted by atomic mass is 9.99. The highest BCUT2D eigenvalue weighted by Gasteiger charge is 2.15. The summed E-state index contributed by atoms with van der Waals surface area (Å²) in [6.07, 6.45) is 46.3. The minimum absolute atomic E-state index is 1.23. The van der Waals surface area contributed by atoms with E-state index in [0.717, 1.165) is 0 Å². The molecule has 0 aromatic carbocycles. The van der Waals surface area contributed by atoms with Gasteiger partial charge in [0.1, 0.15) is 6.54 Å². The first-order valence-electron chi connectivity index (χ1n) is 19.3. The first kappa shape index (κ1) is 38.2. The summed E-state index contributed by atoms with van der Waals surface area (Å²) in [7, 11) is 0. The number of unbranched alkanes of at least 4 members (excludes halogenated alkanes) is 26. The number of rotatable bonds is 32. The molecule has 1 aromatic rings. The van der Waals surface area contributed by atoms with Gasteiger partial charge in [0.05, 0.1) is 0 Å². The van der Waals surface area contributed by atoms with Crippen molar-refractivity contribution in [3.63, 3.8) is 0 Å². The molecule has 1 aromatic heterocycles. The number of hydrogen-bond acceptors (Lipinski definition) is 0. The van der Waals surface area contributed by atoms with Crippen molar-refractivity contribution < 1.29 is 4.57 Å². The van der Waals surface area contributed by atoms with Crippen LogP contribution in [-0.2, 0) is 19.4 Å². The molecule has 1 heteroatoms. The first-order valence-corrected chi connectivity index (χ1v) is 19.3. The Hall–Kier alpha value is -0.850. The second-order valence-corrected chi connectivity index (χ2v) is 13.4. The Bertz CT molecular complexity index is 650. The molecule has 41 heavy (non-hydrogen) atoms. The third-order valence-corrected chi connectivity index (χ3v) is 9.35. The summed E-state index contributed by atoms with van der Waals surface area (Å²) in [6.45, 7) is 8.17. The van der Waals surface area contributed by atoms with Crippen molar-refractivity contribution in [3.05, 3.63) is 29.6 Å².